The average molecular weight is 341 g/mol. The van der Waals surface area contributed by atoms with E-state index >= 15 is 0 Å². The topological polar surface area (TPSA) is 20.2 Å². The quantitative estimate of drug-likeness (QED) is 0.856. The highest BCUT2D eigenvalue weighted by atomic mass is 79.9. The molecule has 100 valence electrons. The van der Waals surface area contributed by atoms with Crippen LogP contribution in [0.5, 0.6) is 0 Å². The molecule has 0 radical (unpaired) electrons. The molecular formula is C12H12BrF3OS. The van der Waals surface area contributed by atoms with E-state index in [1.807, 2.05) is 0 Å². The van der Waals surface area contributed by atoms with Crippen molar-refractivity contribution in [1.82, 2.24) is 0 Å². The van der Waals surface area contributed by atoms with Crippen molar-refractivity contribution >= 4 is 27.7 Å². The fourth-order valence-electron chi connectivity index (χ4n) is 2.01. The second-order valence-electron chi connectivity index (χ2n) is 4.78. The molecular weight excluding hydrogens is 329 g/mol. The first-order chi connectivity index (χ1) is 8.17. The second kappa shape index (κ2) is 4.72. The molecule has 1 aromatic carbocycles. The van der Waals surface area contributed by atoms with Gasteiger partial charge in [0.25, 0.3) is 0 Å². The molecule has 0 atom stereocenters. The predicted octanol–water partition coefficient (Wildman–Crippen LogP) is 4.47. The molecule has 0 aliphatic heterocycles. The zero-order valence-electron chi connectivity index (χ0n) is 9.59. The number of hydrogen-bond donors (Lipinski definition) is 1. The Morgan fingerprint density at radius 2 is 2.00 bits per heavy atom. The van der Waals surface area contributed by atoms with Crippen LogP contribution in [0.25, 0.3) is 0 Å². The molecule has 0 aromatic heterocycles. The molecule has 0 spiro atoms. The van der Waals surface area contributed by atoms with Crippen molar-refractivity contribution in [3.05, 3.63) is 28.2 Å². The van der Waals surface area contributed by atoms with Gasteiger partial charge in [-0.2, -0.15) is 13.2 Å². The Labute approximate surface area is 116 Å². The minimum atomic E-state index is -4.34. The van der Waals surface area contributed by atoms with Gasteiger partial charge in [-0.05, 0) is 38.0 Å². The third-order valence-corrected chi connectivity index (χ3v) is 4.63. The van der Waals surface area contributed by atoms with Crippen molar-refractivity contribution in [2.45, 2.75) is 41.7 Å². The van der Waals surface area contributed by atoms with Gasteiger partial charge in [-0.15, -0.1) is 11.8 Å². The van der Waals surface area contributed by atoms with Crippen LogP contribution in [0.2, 0.25) is 0 Å². The van der Waals surface area contributed by atoms with Gasteiger partial charge in [0.05, 0.1) is 11.2 Å². The van der Waals surface area contributed by atoms with Crippen LogP contribution in [-0.2, 0) is 6.18 Å². The molecule has 0 saturated heterocycles. The summed E-state index contributed by atoms with van der Waals surface area (Å²) in [4.78, 5) is 0.220. The normalized spacial score (nSPS) is 28.0. The number of aliphatic hydroxyl groups is 1. The summed E-state index contributed by atoms with van der Waals surface area (Å²) in [5.41, 5.74) is -1.33. The third kappa shape index (κ3) is 3.22. The average Bonchev–Trinajstić information content (AvgIpc) is 2.12. The summed E-state index contributed by atoms with van der Waals surface area (Å²) < 4.78 is 39.1. The van der Waals surface area contributed by atoms with Crippen molar-refractivity contribution in [1.29, 1.82) is 0 Å². The van der Waals surface area contributed by atoms with Gasteiger partial charge in [-0.25, -0.2) is 0 Å². The Morgan fingerprint density at radius 1 is 1.39 bits per heavy atom. The standard InChI is InChI=1S/C12H12BrF3OS/c1-11(17)5-8(6-11)18-10-4-7(13)2-3-9(10)12(14,15)16/h2-4,8,17H,5-6H2,1H3/t8-,11+. The molecule has 0 heterocycles. The molecule has 1 fully saturated rings. The van der Waals surface area contributed by atoms with E-state index in [-0.39, 0.29) is 10.1 Å². The van der Waals surface area contributed by atoms with Gasteiger partial charge in [0.15, 0.2) is 0 Å². The molecule has 1 aliphatic rings. The SMILES string of the molecule is C[C@]1(O)C[C@@H](Sc2cc(Br)ccc2C(F)(F)F)C1. The lowest BCUT2D eigenvalue weighted by molar-refractivity contribution is -0.139. The molecule has 0 bridgehead atoms. The minimum Gasteiger partial charge on any atom is -0.390 e. The van der Waals surface area contributed by atoms with Gasteiger partial charge in [-0.1, -0.05) is 15.9 Å². The van der Waals surface area contributed by atoms with Gasteiger partial charge in [0.1, 0.15) is 0 Å². The molecule has 1 N–H and O–H groups in total. The number of halogens is 4. The highest BCUT2D eigenvalue weighted by molar-refractivity contribution is 9.10. The van der Waals surface area contributed by atoms with Crippen molar-refractivity contribution < 1.29 is 18.3 Å². The van der Waals surface area contributed by atoms with Gasteiger partial charge >= 0.3 is 6.18 Å². The third-order valence-electron chi connectivity index (χ3n) is 2.88. The van der Waals surface area contributed by atoms with Crippen molar-refractivity contribution in [2.24, 2.45) is 0 Å². The summed E-state index contributed by atoms with van der Waals surface area (Å²) >= 11 is 4.38. The van der Waals surface area contributed by atoms with Crippen molar-refractivity contribution in [3.63, 3.8) is 0 Å². The van der Waals surface area contributed by atoms with Crippen LogP contribution < -0.4 is 0 Å². The van der Waals surface area contributed by atoms with E-state index in [1.165, 1.54) is 23.9 Å². The molecule has 1 saturated carbocycles. The van der Waals surface area contributed by atoms with Crippen LogP contribution in [0.3, 0.4) is 0 Å². The molecule has 18 heavy (non-hydrogen) atoms. The molecule has 1 aliphatic carbocycles. The summed E-state index contributed by atoms with van der Waals surface area (Å²) in [5, 5.41) is 9.65. The molecule has 0 unspecified atom stereocenters. The summed E-state index contributed by atoms with van der Waals surface area (Å²) in [7, 11) is 0. The number of hydrogen-bond acceptors (Lipinski definition) is 2. The first-order valence-corrected chi connectivity index (χ1v) is 7.10. The lowest BCUT2D eigenvalue weighted by atomic mass is 9.82. The van der Waals surface area contributed by atoms with Gasteiger partial charge in [0, 0.05) is 14.6 Å². The first kappa shape index (κ1) is 14.2. The zero-order valence-corrected chi connectivity index (χ0v) is 12.0. The van der Waals surface area contributed by atoms with Gasteiger partial charge in [0.2, 0.25) is 0 Å². The Morgan fingerprint density at radius 3 is 2.50 bits per heavy atom. The van der Waals surface area contributed by atoms with E-state index in [4.69, 9.17) is 0 Å². The zero-order chi connectivity index (χ0) is 13.6. The molecule has 2 rings (SSSR count). The second-order valence-corrected chi connectivity index (χ2v) is 7.04. The van der Waals surface area contributed by atoms with Crippen molar-refractivity contribution in [2.75, 3.05) is 0 Å². The Kier molecular flexibility index (Phi) is 3.73. The largest absolute Gasteiger partial charge is 0.417 e. The molecule has 1 nitrogen and oxygen atoms in total. The van der Waals surface area contributed by atoms with E-state index in [9.17, 15) is 18.3 Å². The van der Waals surface area contributed by atoms with E-state index in [1.54, 1.807) is 6.92 Å². The monoisotopic (exact) mass is 340 g/mol. The summed E-state index contributed by atoms with van der Waals surface area (Å²) in [6, 6.07) is 3.97. The van der Waals surface area contributed by atoms with Crippen LogP contribution in [0, 0.1) is 0 Å². The Balaban J connectivity index is 2.19. The smallest absolute Gasteiger partial charge is 0.390 e. The summed E-state index contributed by atoms with van der Waals surface area (Å²) in [6.45, 7) is 1.70. The van der Waals surface area contributed by atoms with Crippen LogP contribution >= 0.6 is 27.7 Å². The fraction of sp³-hybridized carbons (Fsp3) is 0.500. The summed E-state index contributed by atoms with van der Waals surface area (Å²) in [6.07, 6.45) is -3.28. The lowest BCUT2D eigenvalue weighted by Gasteiger charge is -2.40. The van der Waals surface area contributed by atoms with Crippen molar-refractivity contribution in [3.8, 4) is 0 Å². The van der Waals surface area contributed by atoms with Crippen LogP contribution in [-0.4, -0.2) is 16.0 Å². The predicted molar refractivity (Wildman–Crippen MR) is 68.6 cm³/mol. The number of benzene rings is 1. The Bertz CT molecular complexity index is 451. The van der Waals surface area contributed by atoms with E-state index < -0.39 is 17.3 Å². The maximum Gasteiger partial charge on any atom is 0.417 e. The molecule has 0 amide bonds. The van der Waals surface area contributed by atoms with E-state index in [0.29, 0.717) is 17.3 Å². The van der Waals surface area contributed by atoms with E-state index in [2.05, 4.69) is 15.9 Å². The first-order valence-electron chi connectivity index (χ1n) is 5.43. The number of rotatable bonds is 2. The van der Waals surface area contributed by atoms with Crippen LogP contribution in [0.4, 0.5) is 13.2 Å². The number of thioether (sulfide) groups is 1. The van der Waals surface area contributed by atoms with E-state index in [0.717, 1.165) is 6.07 Å². The van der Waals surface area contributed by atoms with Gasteiger partial charge < -0.3 is 5.11 Å². The van der Waals surface area contributed by atoms with Crippen LogP contribution in [0.1, 0.15) is 25.3 Å². The minimum absolute atomic E-state index is 0.0513. The van der Waals surface area contributed by atoms with Gasteiger partial charge in [-0.3, -0.25) is 0 Å². The summed E-state index contributed by atoms with van der Waals surface area (Å²) in [5.74, 6) is 0. The maximum absolute atomic E-state index is 12.8. The lowest BCUT2D eigenvalue weighted by Crippen LogP contribution is -2.42. The van der Waals surface area contributed by atoms with Crippen LogP contribution in [0.15, 0.2) is 27.6 Å². The molecule has 6 heteroatoms. The Hall–Kier alpha value is -0.200. The fourth-order valence-corrected chi connectivity index (χ4v) is 4.27. The highest BCUT2D eigenvalue weighted by Gasteiger charge is 2.41. The highest BCUT2D eigenvalue weighted by Crippen LogP contribution is 2.46. The molecule has 1 aromatic rings. The number of alkyl halides is 3. The maximum atomic E-state index is 12.8.